The van der Waals surface area contributed by atoms with Gasteiger partial charge in [0.15, 0.2) is 0 Å². The molecular formula is C13H14BrN3O. The number of aromatic nitrogens is 1. The highest BCUT2D eigenvalue weighted by Crippen LogP contribution is 2.29. The Morgan fingerprint density at radius 1 is 1.33 bits per heavy atom. The molecular weight excluding hydrogens is 294 g/mol. The van der Waals surface area contributed by atoms with E-state index < -0.39 is 0 Å². The molecule has 0 saturated carbocycles. The lowest BCUT2D eigenvalue weighted by atomic mass is 10.2. The van der Waals surface area contributed by atoms with Crippen molar-refractivity contribution in [3.05, 3.63) is 34.9 Å². The lowest BCUT2D eigenvalue weighted by molar-refractivity contribution is -0.118. The van der Waals surface area contributed by atoms with Gasteiger partial charge >= 0.3 is 0 Å². The maximum absolute atomic E-state index is 10.8. The van der Waals surface area contributed by atoms with Crippen LogP contribution in [0.5, 0.6) is 0 Å². The van der Waals surface area contributed by atoms with Gasteiger partial charge in [-0.15, -0.1) is 0 Å². The van der Waals surface area contributed by atoms with Crippen molar-refractivity contribution in [1.29, 1.82) is 0 Å². The van der Waals surface area contributed by atoms with Crippen LogP contribution in [0, 0.1) is 0 Å². The fraction of sp³-hybridized carbons (Fsp3) is 0.231. The van der Waals surface area contributed by atoms with Crippen molar-refractivity contribution in [3.63, 3.8) is 0 Å². The third kappa shape index (κ3) is 2.98. The first-order valence-corrected chi connectivity index (χ1v) is 6.49. The molecule has 0 radical (unpaired) electrons. The zero-order valence-electron chi connectivity index (χ0n) is 10.0. The molecule has 0 unspecified atom stereocenters. The van der Waals surface area contributed by atoms with Gasteiger partial charge in [0.25, 0.3) is 0 Å². The number of benzene rings is 1. The molecule has 1 amide bonds. The predicted molar refractivity (Wildman–Crippen MR) is 76.6 cm³/mol. The Morgan fingerprint density at radius 2 is 2.11 bits per heavy atom. The van der Waals surface area contributed by atoms with E-state index in [9.17, 15) is 4.79 Å². The summed E-state index contributed by atoms with van der Waals surface area (Å²) in [5, 5.41) is 7.13. The monoisotopic (exact) mass is 307 g/mol. The maximum Gasteiger partial charge on any atom is 0.216 e. The average Bonchev–Trinajstić information content (AvgIpc) is 2.36. The number of hydrogen-bond donors (Lipinski definition) is 2. The number of nitrogens with zero attached hydrogens (tertiary/aromatic N) is 1. The molecule has 94 valence electrons. The van der Waals surface area contributed by atoms with Crippen LogP contribution in [-0.2, 0) is 4.79 Å². The van der Waals surface area contributed by atoms with Gasteiger partial charge < -0.3 is 10.6 Å². The van der Waals surface area contributed by atoms with Gasteiger partial charge in [-0.05, 0) is 22.0 Å². The molecule has 5 heteroatoms. The van der Waals surface area contributed by atoms with E-state index in [2.05, 4.69) is 31.5 Å². The zero-order chi connectivity index (χ0) is 13.0. The van der Waals surface area contributed by atoms with Gasteiger partial charge in [-0.2, -0.15) is 0 Å². The van der Waals surface area contributed by atoms with Crippen LogP contribution in [0.3, 0.4) is 0 Å². The summed E-state index contributed by atoms with van der Waals surface area (Å²) in [6.45, 7) is 2.78. The number of pyridine rings is 1. The van der Waals surface area contributed by atoms with Crippen LogP contribution in [0.15, 0.2) is 34.9 Å². The van der Waals surface area contributed by atoms with Crippen molar-refractivity contribution in [2.45, 2.75) is 6.92 Å². The topological polar surface area (TPSA) is 54.0 Å². The molecule has 2 rings (SSSR count). The zero-order valence-corrected chi connectivity index (χ0v) is 11.6. The van der Waals surface area contributed by atoms with Crippen molar-refractivity contribution in [3.8, 4) is 0 Å². The highest BCUT2D eigenvalue weighted by Gasteiger charge is 2.05. The highest BCUT2D eigenvalue weighted by molar-refractivity contribution is 9.10. The first-order chi connectivity index (χ1) is 8.68. The lowest BCUT2D eigenvalue weighted by Crippen LogP contribution is -2.26. The number of carbonyl (C=O) groups excluding carboxylic acids is 1. The predicted octanol–water partition coefficient (Wildman–Crippen LogP) is 2.55. The minimum absolute atomic E-state index is 0.0181. The summed E-state index contributed by atoms with van der Waals surface area (Å²) in [5.74, 6) is -0.0181. The Kier molecular flexibility index (Phi) is 4.15. The second-order valence-corrected chi connectivity index (χ2v) is 4.76. The molecule has 18 heavy (non-hydrogen) atoms. The van der Waals surface area contributed by atoms with E-state index in [-0.39, 0.29) is 5.91 Å². The Bertz CT molecular complexity index is 571. The Morgan fingerprint density at radius 3 is 2.89 bits per heavy atom. The molecule has 0 spiro atoms. The van der Waals surface area contributed by atoms with Gasteiger partial charge in [0.1, 0.15) is 0 Å². The van der Waals surface area contributed by atoms with Crippen LogP contribution in [-0.4, -0.2) is 24.0 Å². The number of para-hydroxylation sites is 1. The SMILES string of the molecule is CC(=O)NCCNc1c(Br)cnc2ccccc12. The van der Waals surface area contributed by atoms with Crippen molar-refractivity contribution < 1.29 is 4.79 Å². The van der Waals surface area contributed by atoms with E-state index >= 15 is 0 Å². The Balaban J connectivity index is 2.16. The Hall–Kier alpha value is -1.62. The van der Waals surface area contributed by atoms with Crippen LogP contribution < -0.4 is 10.6 Å². The number of nitrogens with one attached hydrogen (secondary N) is 2. The number of anilines is 1. The van der Waals surface area contributed by atoms with Crippen molar-refractivity contribution in [1.82, 2.24) is 10.3 Å². The molecule has 0 aliphatic rings. The van der Waals surface area contributed by atoms with E-state index in [1.54, 1.807) is 6.20 Å². The molecule has 0 bridgehead atoms. The van der Waals surface area contributed by atoms with Crippen molar-refractivity contribution >= 4 is 38.4 Å². The van der Waals surface area contributed by atoms with Crippen LogP contribution >= 0.6 is 15.9 Å². The van der Waals surface area contributed by atoms with Crippen LogP contribution in [0.2, 0.25) is 0 Å². The molecule has 2 aromatic rings. The third-order valence-corrected chi connectivity index (χ3v) is 3.13. The van der Waals surface area contributed by atoms with Gasteiger partial charge in [0.2, 0.25) is 5.91 Å². The first kappa shape index (κ1) is 12.8. The minimum atomic E-state index is -0.0181. The van der Waals surface area contributed by atoms with E-state index in [1.807, 2.05) is 24.3 Å². The van der Waals surface area contributed by atoms with Gasteiger partial charge in [0, 0.05) is 31.6 Å². The van der Waals surface area contributed by atoms with Crippen LogP contribution in [0.4, 0.5) is 5.69 Å². The molecule has 1 aromatic carbocycles. The standard InChI is InChI=1S/C13H14BrN3O/c1-9(18)15-6-7-16-13-10-4-2-3-5-12(10)17-8-11(13)14/h2-5,8H,6-7H2,1H3,(H,15,18)(H,16,17). The second-order valence-electron chi connectivity index (χ2n) is 3.91. The van der Waals surface area contributed by atoms with E-state index in [0.29, 0.717) is 13.1 Å². The van der Waals surface area contributed by atoms with E-state index in [0.717, 1.165) is 21.1 Å². The van der Waals surface area contributed by atoms with E-state index in [4.69, 9.17) is 0 Å². The molecule has 4 nitrogen and oxygen atoms in total. The summed E-state index contributed by atoms with van der Waals surface area (Å²) in [5.41, 5.74) is 1.95. The van der Waals surface area contributed by atoms with Crippen LogP contribution in [0.25, 0.3) is 10.9 Å². The number of rotatable bonds is 4. The highest BCUT2D eigenvalue weighted by atomic mass is 79.9. The van der Waals surface area contributed by atoms with Crippen molar-refractivity contribution in [2.24, 2.45) is 0 Å². The summed E-state index contributed by atoms with van der Waals surface area (Å²) < 4.78 is 0.920. The molecule has 1 heterocycles. The first-order valence-electron chi connectivity index (χ1n) is 5.70. The molecule has 1 aromatic heterocycles. The quantitative estimate of drug-likeness (QED) is 0.854. The largest absolute Gasteiger partial charge is 0.382 e. The second kappa shape index (κ2) is 5.82. The smallest absolute Gasteiger partial charge is 0.216 e. The number of hydrogen-bond acceptors (Lipinski definition) is 3. The summed E-state index contributed by atoms with van der Waals surface area (Å²) in [6, 6.07) is 7.94. The fourth-order valence-corrected chi connectivity index (χ4v) is 2.18. The van der Waals surface area contributed by atoms with Gasteiger partial charge in [-0.3, -0.25) is 9.78 Å². The summed E-state index contributed by atoms with van der Waals surface area (Å²) in [6.07, 6.45) is 1.78. The summed E-state index contributed by atoms with van der Waals surface area (Å²) in [7, 11) is 0. The fourth-order valence-electron chi connectivity index (χ4n) is 1.72. The summed E-state index contributed by atoms with van der Waals surface area (Å²) >= 11 is 3.49. The third-order valence-electron chi connectivity index (χ3n) is 2.53. The van der Waals surface area contributed by atoms with E-state index in [1.165, 1.54) is 6.92 Å². The number of fused-ring (bicyclic) bond motifs is 1. The van der Waals surface area contributed by atoms with Crippen LogP contribution in [0.1, 0.15) is 6.92 Å². The molecule has 0 saturated heterocycles. The maximum atomic E-state index is 10.8. The summed E-state index contributed by atoms with van der Waals surface area (Å²) in [4.78, 5) is 15.1. The number of halogens is 1. The normalized spacial score (nSPS) is 10.3. The number of carbonyl (C=O) groups is 1. The Labute approximate surface area is 114 Å². The lowest BCUT2D eigenvalue weighted by Gasteiger charge is -2.11. The van der Waals surface area contributed by atoms with Gasteiger partial charge in [-0.1, -0.05) is 18.2 Å². The molecule has 0 aliphatic carbocycles. The van der Waals surface area contributed by atoms with Gasteiger partial charge in [-0.25, -0.2) is 0 Å². The van der Waals surface area contributed by atoms with Crippen molar-refractivity contribution in [2.75, 3.05) is 18.4 Å². The molecule has 0 aliphatic heterocycles. The average molecular weight is 308 g/mol. The molecule has 2 N–H and O–H groups in total. The molecule has 0 atom stereocenters. The van der Waals surface area contributed by atoms with Gasteiger partial charge in [0.05, 0.1) is 15.7 Å². The molecule has 0 fully saturated rings. The number of amides is 1. The minimum Gasteiger partial charge on any atom is -0.382 e.